The van der Waals surface area contributed by atoms with Gasteiger partial charge in [0.25, 0.3) is 5.69 Å². The van der Waals surface area contributed by atoms with Crippen molar-refractivity contribution in [3.05, 3.63) is 62.5 Å². The number of carbonyl (C=O) groups excluding carboxylic acids is 1. The molecule has 0 saturated heterocycles. The molecule has 8 heteroatoms. The van der Waals surface area contributed by atoms with Gasteiger partial charge in [0.2, 0.25) is 0 Å². The number of hydrogen-bond donors (Lipinski definition) is 1. The molecule has 1 aliphatic heterocycles. The fourth-order valence-corrected chi connectivity index (χ4v) is 6.97. The number of nitro benzene ring substituents is 1. The molecule has 5 rings (SSSR count). The van der Waals surface area contributed by atoms with E-state index in [0.717, 1.165) is 67.6 Å². The monoisotopic (exact) mass is 520 g/mol. The summed E-state index contributed by atoms with van der Waals surface area (Å²) >= 11 is 0. The number of aryl methyl sites for hydroxylation is 1. The third kappa shape index (κ3) is 4.85. The van der Waals surface area contributed by atoms with Gasteiger partial charge in [-0.05, 0) is 62.3 Å². The van der Waals surface area contributed by atoms with Crippen LogP contribution in [0.25, 0.3) is 0 Å². The van der Waals surface area contributed by atoms with Crippen LogP contribution in [-0.4, -0.2) is 26.8 Å². The van der Waals surface area contributed by atoms with Crippen LogP contribution in [0.3, 0.4) is 0 Å². The number of carbonyl (C=O) groups is 1. The Labute approximate surface area is 225 Å². The normalized spacial score (nSPS) is 25.8. The minimum Gasteiger partial charge on any atom is -0.459 e. The summed E-state index contributed by atoms with van der Waals surface area (Å²) < 4.78 is 8.20. The molecule has 2 fully saturated rings. The predicted molar refractivity (Wildman–Crippen MR) is 147 cm³/mol. The van der Waals surface area contributed by atoms with Crippen molar-refractivity contribution in [2.45, 2.75) is 90.6 Å². The van der Waals surface area contributed by atoms with Crippen molar-refractivity contribution in [2.24, 2.45) is 24.8 Å². The molecule has 3 aliphatic rings. The van der Waals surface area contributed by atoms with E-state index in [9.17, 15) is 14.9 Å². The van der Waals surface area contributed by atoms with Gasteiger partial charge in [0.05, 0.1) is 16.2 Å². The number of benzene rings is 1. The number of aromatic nitrogens is 2. The van der Waals surface area contributed by atoms with E-state index in [1.807, 2.05) is 24.7 Å². The van der Waals surface area contributed by atoms with Gasteiger partial charge >= 0.3 is 5.97 Å². The number of nitrogens with one attached hydrogen (secondary N) is 1. The summed E-state index contributed by atoms with van der Waals surface area (Å²) in [5.41, 5.74) is 3.93. The number of hydrogen-bond acceptors (Lipinski definition) is 6. The maximum atomic E-state index is 14.1. The van der Waals surface area contributed by atoms with Crippen molar-refractivity contribution in [1.29, 1.82) is 0 Å². The van der Waals surface area contributed by atoms with Crippen molar-refractivity contribution in [1.82, 2.24) is 9.78 Å². The summed E-state index contributed by atoms with van der Waals surface area (Å²) in [6.07, 6.45) is 7.27. The Morgan fingerprint density at radius 2 is 1.95 bits per heavy atom. The first-order valence-electron chi connectivity index (χ1n) is 14.2. The Hall–Kier alpha value is -3.16. The zero-order valence-corrected chi connectivity index (χ0v) is 23.2. The maximum absolute atomic E-state index is 14.1. The van der Waals surface area contributed by atoms with Crippen LogP contribution < -0.4 is 5.32 Å². The standard InChI is InChI=1S/C30H40N4O4/c1-17(2)23-15-18(3)13-14-24(23)38-30(35)25-19(4)31-29-27(28(32-33(29)5)20-9-6-7-10-20)26(25)21-11-8-12-22(16-21)34(36)37/h8,11-12,16-18,20,23-24,26,31H,6-7,9-10,13-15H2,1-5H3. The van der Waals surface area contributed by atoms with Gasteiger partial charge in [0.1, 0.15) is 11.9 Å². The molecule has 2 saturated carbocycles. The largest absolute Gasteiger partial charge is 0.459 e. The molecule has 4 unspecified atom stereocenters. The first-order chi connectivity index (χ1) is 18.2. The van der Waals surface area contributed by atoms with E-state index >= 15 is 0 Å². The molecule has 2 heterocycles. The number of ether oxygens (including phenoxy) is 1. The highest BCUT2D eigenvalue weighted by Gasteiger charge is 2.42. The second kappa shape index (κ2) is 10.5. The van der Waals surface area contributed by atoms with Crippen molar-refractivity contribution in [2.75, 3.05) is 5.32 Å². The molecule has 1 aromatic carbocycles. The lowest BCUT2D eigenvalue weighted by atomic mass is 9.74. The van der Waals surface area contributed by atoms with Crippen LogP contribution >= 0.6 is 0 Å². The molecule has 38 heavy (non-hydrogen) atoms. The predicted octanol–water partition coefficient (Wildman–Crippen LogP) is 6.82. The zero-order valence-electron chi connectivity index (χ0n) is 23.2. The fraction of sp³-hybridized carbons (Fsp3) is 0.600. The van der Waals surface area contributed by atoms with Crippen LogP contribution in [0.4, 0.5) is 11.5 Å². The molecule has 1 N–H and O–H groups in total. The van der Waals surface area contributed by atoms with Crippen LogP contribution in [0, 0.1) is 27.9 Å². The first-order valence-corrected chi connectivity index (χ1v) is 14.2. The van der Waals surface area contributed by atoms with Gasteiger partial charge in [-0.3, -0.25) is 14.8 Å². The topological polar surface area (TPSA) is 99.3 Å². The van der Waals surface area contributed by atoms with E-state index in [4.69, 9.17) is 9.84 Å². The molecule has 2 aliphatic carbocycles. The highest BCUT2D eigenvalue weighted by molar-refractivity contribution is 5.95. The van der Waals surface area contributed by atoms with Crippen molar-refractivity contribution in [3.63, 3.8) is 0 Å². The number of nitrogens with zero attached hydrogens (tertiary/aromatic N) is 3. The molecule has 0 radical (unpaired) electrons. The van der Waals surface area contributed by atoms with Gasteiger partial charge in [-0.25, -0.2) is 4.79 Å². The molecular weight excluding hydrogens is 480 g/mol. The number of non-ortho nitro benzene ring substituents is 1. The van der Waals surface area contributed by atoms with Crippen molar-refractivity contribution >= 4 is 17.5 Å². The Morgan fingerprint density at radius 3 is 2.63 bits per heavy atom. The summed E-state index contributed by atoms with van der Waals surface area (Å²) in [6.45, 7) is 8.59. The van der Waals surface area contributed by atoms with E-state index in [2.05, 4.69) is 26.1 Å². The lowest BCUT2D eigenvalue weighted by molar-refractivity contribution is -0.384. The van der Waals surface area contributed by atoms with Crippen LogP contribution in [0.15, 0.2) is 35.5 Å². The van der Waals surface area contributed by atoms with Gasteiger partial charge in [-0.2, -0.15) is 5.10 Å². The summed E-state index contributed by atoms with van der Waals surface area (Å²) in [7, 11) is 1.92. The van der Waals surface area contributed by atoms with Gasteiger partial charge in [-0.1, -0.05) is 45.7 Å². The number of anilines is 1. The minimum absolute atomic E-state index is 0.0143. The van der Waals surface area contributed by atoms with Crippen LogP contribution in [0.5, 0.6) is 0 Å². The number of esters is 1. The Bertz CT molecular complexity index is 1260. The zero-order chi connectivity index (χ0) is 27.1. The quantitative estimate of drug-likeness (QED) is 0.255. The molecular formula is C30H40N4O4. The van der Waals surface area contributed by atoms with Crippen LogP contribution in [0.2, 0.25) is 0 Å². The number of fused-ring (bicyclic) bond motifs is 1. The SMILES string of the molecule is CC1=C(C(=O)OC2CCC(C)CC2C(C)C)C(c2cccc([N+](=O)[O-])c2)c2c(C3CCCC3)nn(C)c2N1. The summed E-state index contributed by atoms with van der Waals surface area (Å²) in [5, 5.41) is 20.1. The van der Waals surface area contributed by atoms with Crippen LogP contribution in [-0.2, 0) is 16.6 Å². The molecule has 2 aromatic rings. The molecule has 8 nitrogen and oxygen atoms in total. The molecule has 1 aromatic heterocycles. The van der Waals surface area contributed by atoms with E-state index in [-0.39, 0.29) is 22.7 Å². The highest BCUT2D eigenvalue weighted by atomic mass is 16.6. The fourth-order valence-electron chi connectivity index (χ4n) is 6.97. The summed E-state index contributed by atoms with van der Waals surface area (Å²) in [6, 6.07) is 6.69. The second-order valence-electron chi connectivity index (χ2n) is 12.0. The van der Waals surface area contributed by atoms with Crippen molar-refractivity contribution in [3.8, 4) is 0 Å². The summed E-state index contributed by atoms with van der Waals surface area (Å²) in [5.74, 6) is 1.71. The lowest BCUT2D eigenvalue weighted by Gasteiger charge is -2.38. The Morgan fingerprint density at radius 1 is 1.21 bits per heavy atom. The average Bonchev–Trinajstić information content (AvgIpc) is 3.52. The van der Waals surface area contributed by atoms with E-state index in [1.165, 1.54) is 6.07 Å². The van der Waals surface area contributed by atoms with Gasteiger partial charge < -0.3 is 10.1 Å². The molecule has 0 amide bonds. The van der Waals surface area contributed by atoms with Gasteiger partial charge in [-0.15, -0.1) is 0 Å². The van der Waals surface area contributed by atoms with Gasteiger partial charge in [0.15, 0.2) is 0 Å². The Balaban J connectivity index is 1.60. The molecule has 204 valence electrons. The number of rotatable bonds is 6. The third-order valence-corrected chi connectivity index (χ3v) is 8.99. The van der Waals surface area contributed by atoms with E-state index < -0.39 is 5.92 Å². The average molecular weight is 521 g/mol. The van der Waals surface area contributed by atoms with E-state index in [1.54, 1.807) is 12.1 Å². The first kappa shape index (κ1) is 26.4. The molecule has 0 bridgehead atoms. The number of nitro groups is 1. The van der Waals surface area contributed by atoms with Crippen molar-refractivity contribution < 1.29 is 14.5 Å². The smallest absolute Gasteiger partial charge is 0.337 e. The van der Waals surface area contributed by atoms with Crippen LogP contribution in [0.1, 0.15) is 101 Å². The maximum Gasteiger partial charge on any atom is 0.337 e. The lowest BCUT2D eigenvalue weighted by Crippen LogP contribution is -2.37. The summed E-state index contributed by atoms with van der Waals surface area (Å²) in [4.78, 5) is 25.4. The third-order valence-electron chi connectivity index (χ3n) is 8.99. The minimum atomic E-state index is -0.483. The van der Waals surface area contributed by atoms with Gasteiger partial charge in [0, 0.05) is 42.3 Å². The Kier molecular flexibility index (Phi) is 7.34. The molecule has 0 spiro atoms. The number of allylic oxidation sites excluding steroid dienone is 1. The highest BCUT2D eigenvalue weighted by Crippen LogP contribution is 2.49. The molecule has 4 atom stereocenters. The second-order valence-corrected chi connectivity index (χ2v) is 12.0. The van der Waals surface area contributed by atoms with E-state index in [0.29, 0.717) is 34.9 Å².